The van der Waals surface area contributed by atoms with Crippen LogP contribution >= 0.6 is 0 Å². The van der Waals surface area contributed by atoms with Crippen LogP contribution in [0.2, 0.25) is 0 Å². The molecule has 3 aromatic rings. The third-order valence-electron chi connectivity index (χ3n) is 4.50. The van der Waals surface area contributed by atoms with Crippen molar-refractivity contribution in [1.82, 2.24) is 0 Å². The van der Waals surface area contributed by atoms with E-state index in [-0.39, 0.29) is 24.0 Å². The number of hydrogen-bond donors (Lipinski definition) is 1. The molecular weight excluding hydrogens is 358 g/mol. The smallest absolute Gasteiger partial charge is 0.335 e. The zero-order valence-electron chi connectivity index (χ0n) is 14.7. The molecule has 0 aliphatic carbocycles. The number of carbonyl (C=O) groups excluding carboxylic acids is 2. The molecule has 0 saturated carbocycles. The van der Waals surface area contributed by atoms with Crippen LogP contribution in [0.4, 0.5) is 5.69 Å². The average Bonchev–Trinajstić information content (AvgIpc) is 2.97. The third kappa shape index (κ3) is 3.01. The van der Waals surface area contributed by atoms with Gasteiger partial charge in [0.1, 0.15) is 12.4 Å². The van der Waals surface area contributed by atoms with Crippen molar-refractivity contribution in [2.45, 2.75) is 6.61 Å². The highest BCUT2D eigenvalue weighted by atomic mass is 16.5. The van der Waals surface area contributed by atoms with Gasteiger partial charge in [-0.25, -0.2) is 9.69 Å². The summed E-state index contributed by atoms with van der Waals surface area (Å²) in [4.78, 5) is 37.5. The van der Waals surface area contributed by atoms with E-state index < -0.39 is 5.97 Å². The number of anilines is 1. The van der Waals surface area contributed by atoms with Crippen LogP contribution in [0.15, 0.2) is 72.8 Å². The molecule has 0 unspecified atom stereocenters. The predicted molar refractivity (Wildman–Crippen MR) is 102 cm³/mol. The van der Waals surface area contributed by atoms with Crippen molar-refractivity contribution in [2.24, 2.45) is 0 Å². The molecule has 1 aliphatic heterocycles. The molecule has 0 aromatic heterocycles. The number of hydrogen-bond acceptors (Lipinski definition) is 4. The second kappa shape index (κ2) is 7.00. The van der Waals surface area contributed by atoms with Crippen molar-refractivity contribution in [3.8, 4) is 5.75 Å². The zero-order chi connectivity index (χ0) is 19.7. The third-order valence-corrected chi connectivity index (χ3v) is 4.50. The Kier molecular flexibility index (Phi) is 4.37. The van der Waals surface area contributed by atoms with Gasteiger partial charge >= 0.3 is 5.97 Å². The molecule has 4 rings (SSSR count). The van der Waals surface area contributed by atoms with E-state index in [1.165, 1.54) is 12.1 Å². The number of carboxylic acid groups (broad SMARTS) is 1. The van der Waals surface area contributed by atoms with Crippen LogP contribution in [0, 0.1) is 0 Å². The topological polar surface area (TPSA) is 83.9 Å². The lowest BCUT2D eigenvalue weighted by atomic mass is 10.1. The quantitative estimate of drug-likeness (QED) is 0.689. The number of amides is 2. The van der Waals surface area contributed by atoms with E-state index in [1.807, 2.05) is 0 Å². The fourth-order valence-corrected chi connectivity index (χ4v) is 3.08. The molecule has 28 heavy (non-hydrogen) atoms. The van der Waals surface area contributed by atoms with E-state index in [4.69, 9.17) is 9.84 Å². The number of carboxylic acids is 1. The van der Waals surface area contributed by atoms with Crippen molar-refractivity contribution < 1.29 is 24.2 Å². The molecule has 1 aliphatic rings. The molecule has 0 bridgehead atoms. The molecular formula is C22H15NO5. The van der Waals surface area contributed by atoms with Crippen molar-refractivity contribution in [2.75, 3.05) is 4.90 Å². The number of carbonyl (C=O) groups is 3. The Labute approximate surface area is 160 Å². The van der Waals surface area contributed by atoms with E-state index in [0.29, 0.717) is 22.6 Å². The van der Waals surface area contributed by atoms with Gasteiger partial charge in [0, 0.05) is 0 Å². The molecule has 6 nitrogen and oxygen atoms in total. The van der Waals surface area contributed by atoms with Crippen LogP contribution in [0.3, 0.4) is 0 Å². The van der Waals surface area contributed by atoms with Crippen LogP contribution in [0.25, 0.3) is 0 Å². The minimum atomic E-state index is -0.997. The number of nitrogens with zero attached hydrogens (tertiary/aromatic N) is 1. The van der Waals surface area contributed by atoms with Crippen molar-refractivity contribution in [3.05, 3.63) is 95.1 Å². The number of fused-ring (bicyclic) bond motifs is 1. The fourth-order valence-electron chi connectivity index (χ4n) is 3.08. The van der Waals surface area contributed by atoms with E-state index in [0.717, 1.165) is 10.5 Å². The number of rotatable bonds is 5. The lowest BCUT2D eigenvalue weighted by Crippen LogP contribution is -2.29. The highest BCUT2D eigenvalue weighted by Gasteiger charge is 2.37. The van der Waals surface area contributed by atoms with Gasteiger partial charge in [0.25, 0.3) is 11.8 Å². The van der Waals surface area contributed by atoms with Crippen molar-refractivity contribution in [1.29, 1.82) is 0 Å². The molecule has 1 heterocycles. The first-order valence-corrected chi connectivity index (χ1v) is 8.58. The fraction of sp³-hybridized carbons (Fsp3) is 0.0455. The van der Waals surface area contributed by atoms with Gasteiger partial charge in [-0.1, -0.05) is 36.4 Å². The molecule has 0 spiro atoms. The zero-order valence-corrected chi connectivity index (χ0v) is 14.7. The molecule has 2 amide bonds. The lowest BCUT2D eigenvalue weighted by molar-refractivity contribution is 0.0696. The number of para-hydroxylation sites is 2. The van der Waals surface area contributed by atoms with E-state index >= 15 is 0 Å². The summed E-state index contributed by atoms with van der Waals surface area (Å²) in [5.74, 6) is -1.38. The largest absolute Gasteiger partial charge is 0.487 e. The maximum Gasteiger partial charge on any atom is 0.335 e. The molecule has 138 valence electrons. The van der Waals surface area contributed by atoms with Crippen LogP contribution in [-0.2, 0) is 6.61 Å². The Balaban J connectivity index is 1.59. The van der Waals surface area contributed by atoms with E-state index in [9.17, 15) is 14.4 Å². The number of aromatic carboxylic acids is 1. The Morgan fingerprint density at radius 2 is 1.39 bits per heavy atom. The highest BCUT2D eigenvalue weighted by Crippen LogP contribution is 2.35. The van der Waals surface area contributed by atoms with Gasteiger partial charge in [-0.15, -0.1) is 0 Å². The summed E-state index contributed by atoms with van der Waals surface area (Å²) in [5, 5.41) is 8.96. The Morgan fingerprint density at radius 1 is 0.821 bits per heavy atom. The van der Waals surface area contributed by atoms with Crippen LogP contribution < -0.4 is 9.64 Å². The summed E-state index contributed by atoms with van der Waals surface area (Å²) in [6.45, 7) is 0.167. The number of benzene rings is 3. The Hall–Kier alpha value is -3.93. The van der Waals surface area contributed by atoms with Crippen molar-refractivity contribution in [3.63, 3.8) is 0 Å². The van der Waals surface area contributed by atoms with E-state index in [1.54, 1.807) is 60.7 Å². The minimum Gasteiger partial charge on any atom is -0.487 e. The molecule has 0 radical (unpaired) electrons. The SMILES string of the molecule is O=C(O)c1ccc(COc2ccccc2N2C(=O)c3ccccc3C2=O)cc1. The standard InChI is InChI=1S/C22H15NO5/c24-20-16-5-1-2-6-17(16)21(25)23(20)18-7-3-4-8-19(18)28-13-14-9-11-15(12-10-14)22(26)27/h1-12H,13H2,(H,26,27). The summed E-state index contributed by atoms with van der Waals surface area (Å²) in [7, 11) is 0. The van der Waals surface area contributed by atoms with Gasteiger partial charge in [0.2, 0.25) is 0 Å². The van der Waals surface area contributed by atoms with Gasteiger partial charge < -0.3 is 9.84 Å². The number of imide groups is 1. The highest BCUT2D eigenvalue weighted by molar-refractivity contribution is 6.34. The molecule has 1 N–H and O–H groups in total. The molecule has 0 fully saturated rings. The summed E-state index contributed by atoms with van der Waals surface area (Å²) < 4.78 is 5.84. The average molecular weight is 373 g/mol. The monoisotopic (exact) mass is 373 g/mol. The first-order valence-electron chi connectivity index (χ1n) is 8.58. The summed E-state index contributed by atoms with van der Waals surface area (Å²) in [5.41, 5.74) is 2.06. The first-order chi connectivity index (χ1) is 13.6. The maximum atomic E-state index is 12.7. The number of ether oxygens (including phenoxy) is 1. The summed E-state index contributed by atoms with van der Waals surface area (Å²) >= 11 is 0. The normalized spacial score (nSPS) is 12.8. The minimum absolute atomic E-state index is 0.167. The molecule has 0 saturated heterocycles. The van der Waals surface area contributed by atoms with Crippen molar-refractivity contribution >= 4 is 23.5 Å². The molecule has 3 aromatic carbocycles. The van der Waals surface area contributed by atoms with Gasteiger partial charge in [-0.05, 0) is 42.0 Å². The first kappa shape index (κ1) is 17.5. The Morgan fingerprint density at radius 3 is 2.00 bits per heavy atom. The van der Waals surface area contributed by atoms with Crippen LogP contribution in [0.1, 0.15) is 36.6 Å². The summed E-state index contributed by atoms with van der Waals surface area (Å²) in [6, 6.07) is 19.8. The van der Waals surface area contributed by atoms with E-state index in [2.05, 4.69) is 0 Å². The summed E-state index contributed by atoms with van der Waals surface area (Å²) in [6.07, 6.45) is 0. The maximum absolute atomic E-state index is 12.7. The van der Waals surface area contributed by atoms with Gasteiger partial charge in [0.05, 0.1) is 22.4 Å². The second-order valence-corrected chi connectivity index (χ2v) is 6.25. The van der Waals surface area contributed by atoms with Gasteiger partial charge in [-0.2, -0.15) is 0 Å². The molecule has 0 atom stereocenters. The van der Waals surface area contributed by atoms with Crippen LogP contribution in [0.5, 0.6) is 5.75 Å². The predicted octanol–water partition coefficient (Wildman–Crippen LogP) is 3.76. The second-order valence-electron chi connectivity index (χ2n) is 6.25. The molecule has 6 heteroatoms. The van der Waals surface area contributed by atoms with Gasteiger partial charge in [0.15, 0.2) is 0 Å². The van der Waals surface area contributed by atoms with Gasteiger partial charge in [-0.3, -0.25) is 9.59 Å². The Bertz CT molecular complexity index is 1050. The lowest BCUT2D eigenvalue weighted by Gasteiger charge is -2.18. The van der Waals surface area contributed by atoms with Crippen LogP contribution in [-0.4, -0.2) is 22.9 Å².